The summed E-state index contributed by atoms with van der Waals surface area (Å²) in [7, 11) is 1.35. The third-order valence-electron chi connectivity index (χ3n) is 3.01. The second kappa shape index (κ2) is 6.57. The van der Waals surface area contributed by atoms with Gasteiger partial charge in [-0.1, -0.05) is 55.1 Å². The largest absolute Gasteiger partial charge is 0.465 e. The summed E-state index contributed by atoms with van der Waals surface area (Å²) in [6.07, 6.45) is 0. The van der Waals surface area contributed by atoms with Crippen LogP contribution in [0.15, 0.2) is 61.2 Å². The number of hydrogen-bond acceptors (Lipinski definition) is 3. The predicted octanol–water partition coefficient (Wildman–Crippen LogP) is 3.48. The zero-order valence-corrected chi connectivity index (χ0v) is 11.4. The summed E-state index contributed by atoms with van der Waals surface area (Å²) in [5, 5.41) is 3.32. The van der Waals surface area contributed by atoms with Crippen LogP contribution < -0.4 is 5.32 Å². The van der Waals surface area contributed by atoms with E-state index in [9.17, 15) is 4.79 Å². The molecule has 1 N–H and O–H groups in total. The summed E-state index contributed by atoms with van der Waals surface area (Å²) in [5.41, 5.74) is 3.15. The molecule has 0 aromatic heterocycles. The molecule has 0 radical (unpaired) electrons. The maximum Gasteiger partial charge on any atom is 0.337 e. The van der Waals surface area contributed by atoms with Gasteiger partial charge in [0.15, 0.2) is 0 Å². The summed E-state index contributed by atoms with van der Waals surface area (Å²) in [5.74, 6) is -0.418. The smallest absolute Gasteiger partial charge is 0.337 e. The number of carbonyl (C=O) groups is 1. The number of carbonyl (C=O) groups excluding carboxylic acids is 1. The summed E-state index contributed by atoms with van der Waals surface area (Å²) >= 11 is 0. The van der Waals surface area contributed by atoms with Crippen LogP contribution in [-0.4, -0.2) is 13.1 Å². The predicted molar refractivity (Wildman–Crippen MR) is 81.3 cm³/mol. The maximum atomic E-state index is 11.6. The molecule has 2 rings (SSSR count). The molecule has 0 bridgehead atoms. The zero-order chi connectivity index (χ0) is 14.4. The minimum absolute atomic E-state index is 0.351. The first-order chi connectivity index (χ1) is 9.72. The second-order valence-electron chi connectivity index (χ2n) is 4.35. The highest BCUT2D eigenvalue weighted by atomic mass is 16.5. The van der Waals surface area contributed by atoms with E-state index in [-0.39, 0.29) is 0 Å². The topological polar surface area (TPSA) is 38.3 Å². The van der Waals surface area contributed by atoms with E-state index in [4.69, 9.17) is 4.74 Å². The Balaban J connectivity index is 2.16. The number of nitrogens with one attached hydrogen (secondary N) is 1. The van der Waals surface area contributed by atoms with E-state index < -0.39 is 5.97 Å². The minimum atomic E-state index is -0.418. The Morgan fingerprint density at radius 1 is 1.10 bits per heavy atom. The van der Waals surface area contributed by atoms with Gasteiger partial charge in [0.25, 0.3) is 0 Å². The van der Waals surface area contributed by atoms with Gasteiger partial charge in [-0.3, -0.25) is 0 Å². The number of hydrogen-bond donors (Lipinski definition) is 1. The minimum Gasteiger partial charge on any atom is -0.465 e. The molecule has 0 spiro atoms. The fourth-order valence-corrected chi connectivity index (χ4v) is 1.93. The number of benzene rings is 2. The molecule has 20 heavy (non-hydrogen) atoms. The van der Waals surface area contributed by atoms with Crippen molar-refractivity contribution in [3.8, 4) is 0 Å². The van der Waals surface area contributed by atoms with Crippen LogP contribution in [-0.2, 0) is 16.1 Å². The van der Waals surface area contributed by atoms with Crippen LogP contribution in [0.4, 0.5) is 5.69 Å². The molecule has 3 nitrogen and oxygen atoms in total. The van der Waals surface area contributed by atoms with Crippen molar-refractivity contribution >= 4 is 17.2 Å². The van der Waals surface area contributed by atoms with Gasteiger partial charge in [-0.05, 0) is 11.6 Å². The molecule has 0 saturated heterocycles. The summed E-state index contributed by atoms with van der Waals surface area (Å²) < 4.78 is 4.72. The molecule has 2 aromatic carbocycles. The maximum absolute atomic E-state index is 11.6. The number of ether oxygens (including phenoxy) is 1. The first kappa shape index (κ1) is 13.9. The Bertz CT molecular complexity index is 605. The second-order valence-corrected chi connectivity index (χ2v) is 4.35. The Kier molecular flexibility index (Phi) is 4.56. The van der Waals surface area contributed by atoms with Gasteiger partial charge in [0, 0.05) is 17.8 Å². The molecule has 102 valence electrons. The van der Waals surface area contributed by atoms with Crippen molar-refractivity contribution in [2.24, 2.45) is 0 Å². The van der Waals surface area contributed by atoms with Gasteiger partial charge in [-0.15, -0.1) is 0 Å². The first-order valence-electron chi connectivity index (χ1n) is 6.37. The van der Waals surface area contributed by atoms with Crippen molar-refractivity contribution in [1.29, 1.82) is 0 Å². The van der Waals surface area contributed by atoms with E-state index >= 15 is 0 Å². The van der Waals surface area contributed by atoms with E-state index in [2.05, 4.69) is 11.9 Å². The van der Waals surface area contributed by atoms with E-state index in [1.54, 1.807) is 0 Å². The van der Waals surface area contributed by atoms with Crippen LogP contribution in [0, 0.1) is 0 Å². The van der Waals surface area contributed by atoms with Crippen LogP contribution >= 0.6 is 0 Å². The van der Waals surface area contributed by atoms with E-state index in [1.807, 2.05) is 54.6 Å². The zero-order valence-electron chi connectivity index (χ0n) is 11.4. The third kappa shape index (κ3) is 3.26. The highest BCUT2D eigenvalue weighted by Gasteiger charge is 2.12. The molecule has 0 heterocycles. The molecule has 0 atom stereocenters. The van der Waals surface area contributed by atoms with Crippen molar-refractivity contribution in [1.82, 2.24) is 0 Å². The van der Waals surface area contributed by atoms with Crippen molar-refractivity contribution in [3.63, 3.8) is 0 Å². The molecule has 0 saturated carbocycles. The van der Waals surface area contributed by atoms with Crippen molar-refractivity contribution in [2.75, 3.05) is 12.4 Å². The third-order valence-corrected chi connectivity index (χ3v) is 3.01. The molecule has 3 heteroatoms. The summed E-state index contributed by atoms with van der Waals surface area (Å²) in [4.78, 5) is 11.6. The summed E-state index contributed by atoms with van der Waals surface area (Å²) in [6.45, 7) is 4.48. The fourth-order valence-electron chi connectivity index (χ4n) is 1.93. The van der Waals surface area contributed by atoms with Crippen LogP contribution in [0.2, 0.25) is 0 Å². The Morgan fingerprint density at radius 3 is 2.45 bits per heavy atom. The Labute approximate surface area is 118 Å². The van der Waals surface area contributed by atoms with Crippen molar-refractivity contribution < 1.29 is 9.53 Å². The number of anilines is 1. The molecular formula is C17H17NO2. The van der Waals surface area contributed by atoms with Gasteiger partial charge in [0.1, 0.15) is 0 Å². The Hall–Kier alpha value is -2.55. The van der Waals surface area contributed by atoms with Gasteiger partial charge < -0.3 is 10.1 Å². The lowest BCUT2D eigenvalue weighted by molar-refractivity contribution is -0.133. The normalized spacial score (nSPS) is 9.85. The van der Waals surface area contributed by atoms with E-state index in [0.29, 0.717) is 12.1 Å². The van der Waals surface area contributed by atoms with Crippen molar-refractivity contribution in [2.45, 2.75) is 6.54 Å². The van der Waals surface area contributed by atoms with Crippen LogP contribution in [0.3, 0.4) is 0 Å². The standard InChI is InChI=1S/C17H17NO2/c1-13(17(19)20-2)15-10-6-7-11-16(15)18-12-14-8-4-3-5-9-14/h3-11,18H,1,12H2,2H3. The van der Waals surface area contributed by atoms with Gasteiger partial charge in [0.2, 0.25) is 0 Å². The quantitative estimate of drug-likeness (QED) is 0.665. The van der Waals surface area contributed by atoms with Crippen LogP contribution in [0.25, 0.3) is 5.57 Å². The van der Waals surface area contributed by atoms with Gasteiger partial charge in [-0.2, -0.15) is 0 Å². The molecule has 0 aliphatic heterocycles. The number of rotatable bonds is 5. The Morgan fingerprint density at radius 2 is 1.75 bits per heavy atom. The molecule has 0 amide bonds. The van der Waals surface area contributed by atoms with Crippen LogP contribution in [0.5, 0.6) is 0 Å². The molecular weight excluding hydrogens is 250 g/mol. The van der Waals surface area contributed by atoms with Gasteiger partial charge in [-0.25, -0.2) is 4.79 Å². The molecule has 2 aromatic rings. The fraction of sp³-hybridized carbons (Fsp3) is 0.118. The number of esters is 1. The molecule has 0 fully saturated rings. The highest BCUT2D eigenvalue weighted by Crippen LogP contribution is 2.24. The van der Waals surface area contributed by atoms with E-state index in [0.717, 1.165) is 11.3 Å². The lowest BCUT2D eigenvalue weighted by Gasteiger charge is -2.12. The SMILES string of the molecule is C=C(C(=O)OC)c1ccccc1NCc1ccccc1. The van der Waals surface area contributed by atoms with Gasteiger partial charge in [0.05, 0.1) is 12.7 Å². The average molecular weight is 267 g/mol. The summed E-state index contributed by atoms with van der Waals surface area (Å²) in [6, 6.07) is 17.6. The lowest BCUT2D eigenvalue weighted by atomic mass is 10.1. The molecule has 0 unspecified atom stereocenters. The van der Waals surface area contributed by atoms with Gasteiger partial charge >= 0.3 is 5.97 Å². The molecule has 0 aliphatic carbocycles. The average Bonchev–Trinajstić information content (AvgIpc) is 2.52. The van der Waals surface area contributed by atoms with E-state index in [1.165, 1.54) is 12.7 Å². The monoisotopic (exact) mass is 267 g/mol. The van der Waals surface area contributed by atoms with Crippen molar-refractivity contribution in [3.05, 3.63) is 72.3 Å². The highest BCUT2D eigenvalue weighted by molar-refractivity contribution is 6.17. The lowest BCUT2D eigenvalue weighted by Crippen LogP contribution is -2.07. The first-order valence-corrected chi connectivity index (χ1v) is 6.37. The molecule has 0 aliphatic rings. The number of para-hydroxylation sites is 1. The van der Waals surface area contributed by atoms with Crippen LogP contribution in [0.1, 0.15) is 11.1 Å². The number of methoxy groups -OCH3 is 1.